The maximum absolute atomic E-state index is 12.9. The van der Waals surface area contributed by atoms with Crippen molar-refractivity contribution in [2.24, 2.45) is 5.73 Å². The van der Waals surface area contributed by atoms with E-state index in [2.05, 4.69) is 15.1 Å². The van der Waals surface area contributed by atoms with Gasteiger partial charge in [0.05, 0.1) is 13.1 Å². The van der Waals surface area contributed by atoms with Crippen LogP contribution in [-0.4, -0.2) is 40.2 Å². The van der Waals surface area contributed by atoms with Gasteiger partial charge in [0.15, 0.2) is 6.10 Å². The number of pyridine rings is 1. The molecule has 0 aromatic carbocycles. The number of halogens is 2. The van der Waals surface area contributed by atoms with Crippen LogP contribution in [0.1, 0.15) is 18.9 Å². The average Bonchev–Trinajstić information content (AvgIpc) is 2.94. The molecule has 3 rings (SSSR count). The summed E-state index contributed by atoms with van der Waals surface area (Å²) in [5.74, 6) is -1.97. The quantitative estimate of drug-likeness (QED) is 0.912. The van der Waals surface area contributed by atoms with Gasteiger partial charge in [-0.15, -0.1) is 0 Å². The Balaban J connectivity index is 1.77. The van der Waals surface area contributed by atoms with Crippen molar-refractivity contribution in [2.75, 3.05) is 18.0 Å². The summed E-state index contributed by atoms with van der Waals surface area (Å²) in [4.78, 5) is 20.3. The second-order valence-corrected chi connectivity index (χ2v) is 5.15. The standard InChI is InChI=1S/C13H13F2N5O3/c1-7(22-12(16)21)11-18-10(19-23-11)8-2-3-17-9(4-8)20-5-13(14,15)6-20/h2-4,7H,5-6H2,1H3,(H2,16,21). The minimum atomic E-state index is -2.68. The fourth-order valence-corrected chi connectivity index (χ4v) is 2.15. The fourth-order valence-electron chi connectivity index (χ4n) is 2.15. The summed E-state index contributed by atoms with van der Waals surface area (Å²) in [6, 6.07) is 3.21. The number of nitrogens with two attached hydrogens (primary N) is 1. The zero-order valence-corrected chi connectivity index (χ0v) is 12.1. The molecule has 3 heterocycles. The van der Waals surface area contributed by atoms with Gasteiger partial charge in [0, 0.05) is 11.8 Å². The lowest BCUT2D eigenvalue weighted by Gasteiger charge is -2.39. The number of nitrogens with zero attached hydrogens (tertiary/aromatic N) is 4. The normalized spacial score (nSPS) is 17.4. The number of rotatable bonds is 4. The number of carbonyl (C=O) groups is 1. The lowest BCUT2D eigenvalue weighted by Crippen LogP contribution is -2.56. The smallest absolute Gasteiger partial charge is 0.405 e. The van der Waals surface area contributed by atoms with Crippen molar-refractivity contribution < 1.29 is 22.8 Å². The van der Waals surface area contributed by atoms with Gasteiger partial charge < -0.3 is 19.9 Å². The molecule has 2 N–H and O–H groups in total. The van der Waals surface area contributed by atoms with Gasteiger partial charge in [0.1, 0.15) is 5.82 Å². The number of hydrogen-bond acceptors (Lipinski definition) is 7. The number of anilines is 1. The van der Waals surface area contributed by atoms with Gasteiger partial charge in [-0.3, -0.25) is 0 Å². The Hall–Kier alpha value is -2.78. The van der Waals surface area contributed by atoms with Crippen molar-refractivity contribution in [3.8, 4) is 11.4 Å². The fraction of sp³-hybridized carbons (Fsp3) is 0.385. The molecule has 0 aliphatic carbocycles. The molecule has 1 aliphatic rings. The first kappa shape index (κ1) is 15.1. The Morgan fingerprint density at radius 3 is 2.91 bits per heavy atom. The summed E-state index contributed by atoms with van der Waals surface area (Å²) in [7, 11) is 0. The molecule has 1 aliphatic heterocycles. The highest BCUT2D eigenvalue weighted by molar-refractivity contribution is 5.65. The maximum Gasteiger partial charge on any atom is 0.405 e. The molecule has 1 saturated heterocycles. The minimum Gasteiger partial charge on any atom is -0.437 e. The molecule has 2 aromatic rings. The molecule has 1 fully saturated rings. The van der Waals surface area contributed by atoms with Crippen LogP contribution in [0, 0.1) is 0 Å². The molecule has 0 radical (unpaired) electrons. The number of hydrogen-bond donors (Lipinski definition) is 1. The van der Waals surface area contributed by atoms with Gasteiger partial charge >= 0.3 is 6.09 Å². The Kier molecular flexibility index (Phi) is 3.58. The summed E-state index contributed by atoms with van der Waals surface area (Å²) in [5, 5.41) is 3.78. The molecular weight excluding hydrogens is 312 g/mol. The zero-order valence-electron chi connectivity index (χ0n) is 12.1. The van der Waals surface area contributed by atoms with Crippen LogP contribution in [0.2, 0.25) is 0 Å². The van der Waals surface area contributed by atoms with E-state index >= 15 is 0 Å². The zero-order chi connectivity index (χ0) is 16.6. The molecule has 10 heteroatoms. The molecule has 2 aromatic heterocycles. The second-order valence-electron chi connectivity index (χ2n) is 5.15. The summed E-state index contributed by atoms with van der Waals surface area (Å²) < 4.78 is 35.6. The van der Waals surface area contributed by atoms with E-state index in [1.54, 1.807) is 12.1 Å². The van der Waals surface area contributed by atoms with Crippen molar-refractivity contribution >= 4 is 11.9 Å². The van der Waals surface area contributed by atoms with E-state index in [9.17, 15) is 13.6 Å². The van der Waals surface area contributed by atoms with E-state index in [0.29, 0.717) is 11.4 Å². The largest absolute Gasteiger partial charge is 0.437 e. The summed E-state index contributed by atoms with van der Waals surface area (Å²) >= 11 is 0. The first-order chi connectivity index (χ1) is 10.8. The monoisotopic (exact) mass is 325 g/mol. The molecule has 0 bridgehead atoms. The Bertz CT molecular complexity index is 728. The molecular formula is C13H13F2N5O3. The van der Waals surface area contributed by atoms with E-state index in [4.69, 9.17) is 15.0 Å². The van der Waals surface area contributed by atoms with Crippen LogP contribution in [0.25, 0.3) is 11.4 Å². The number of amides is 1. The lowest BCUT2D eigenvalue weighted by molar-refractivity contribution is -0.0267. The van der Waals surface area contributed by atoms with Crippen LogP contribution in [0.3, 0.4) is 0 Å². The number of primary amides is 1. The van der Waals surface area contributed by atoms with Crippen LogP contribution in [0.5, 0.6) is 0 Å². The highest BCUT2D eigenvalue weighted by Gasteiger charge is 2.44. The van der Waals surface area contributed by atoms with Gasteiger partial charge in [-0.2, -0.15) is 4.98 Å². The van der Waals surface area contributed by atoms with Crippen LogP contribution in [0.15, 0.2) is 22.9 Å². The predicted octanol–water partition coefficient (Wildman–Crippen LogP) is 1.74. The molecule has 8 nitrogen and oxygen atoms in total. The van der Waals surface area contributed by atoms with Gasteiger partial charge in [-0.1, -0.05) is 5.16 Å². The Morgan fingerprint density at radius 2 is 2.26 bits per heavy atom. The van der Waals surface area contributed by atoms with E-state index in [1.807, 2.05) is 0 Å². The molecule has 1 amide bonds. The molecule has 122 valence electrons. The highest BCUT2D eigenvalue weighted by atomic mass is 19.3. The highest BCUT2D eigenvalue weighted by Crippen LogP contribution is 2.32. The van der Waals surface area contributed by atoms with E-state index in [1.165, 1.54) is 18.0 Å². The van der Waals surface area contributed by atoms with Crippen LogP contribution >= 0.6 is 0 Å². The van der Waals surface area contributed by atoms with Gasteiger partial charge in [0.2, 0.25) is 5.82 Å². The molecule has 0 saturated carbocycles. The molecule has 0 spiro atoms. The molecule has 1 unspecified atom stereocenters. The van der Waals surface area contributed by atoms with Gasteiger partial charge in [-0.25, -0.2) is 18.6 Å². The number of aromatic nitrogens is 3. The van der Waals surface area contributed by atoms with Crippen molar-refractivity contribution in [3.05, 3.63) is 24.2 Å². The van der Waals surface area contributed by atoms with Crippen LogP contribution in [-0.2, 0) is 4.74 Å². The third kappa shape index (κ3) is 3.20. The molecule has 23 heavy (non-hydrogen) atoms. The first-order valence-electron chi connectivity index (χ1n) is 6.73. The molecule has 1 atom stereocenters. The maximum atomic E-state index is 12.9. The number of carbonyl (C=O) groups excluding carboxylic acids is 1. The summed E-state index contributed by atoms with van der Waals surface area (Å²) in [6.45, 7) is 0.789. The SMILES string of the molecule is CC(OC(N)=O)c1nc(-c2ccnc(N3CC(F)(F)C3)c2)no1. The Morgan fingerprint density at radius 1 is 1.52 bits per heavy atom. The minimum absolute atomic E-state index is 0.0765. The average molecular weight is 325 g/mol. The first-order valence-corrected chi connectivity index (χ1v) is 6.73. The third-order valence-electron chi connectivity index (χ3n) is 3.25. The van der Waals surface area contributed by atoms with Gasteiger partial charge in [-0.05, 0) is 19.1 Å². The summed E-state index contributed by atoms with van der Waals surface area (Å²) in [5.41, 5.74) is 5.47. The third-order valence-corrected chi connectivity index (χ3v) is 3.25. The van der Waals surface area contributed by atoms with Crippen molar-refractivity contribution in [3.63, 3.8) is 0 Å². The van der Waals surface area contributed by atoms with Crippen LogP contribution < -0.4 is 10.6 Å². The van der Waals surface area contributed by atoms with E-state index in [-0.39, 0.29) is 24.8 Å². The Labute approximate surface area is 129 Å². The summed E-state index contributed by atoms with van der Waals surface area (Å²) in [6.07, 6.45) is -0.271. The lowest BCUT2D eigenvalue weighted by atomic mass is 10.1. The predicted molar refractivity (Wildman–Crippen MR) is 73.8 cm³/mol. The van der Waals surface area contributed by atoms with Gasteiger partial charge in [0.25, 0.3) is 11.8 Å². The number of ether oxygens (including phenoxy) is 1. The topological polar surface area (TPSA) is 107 Å². The van der Waals surface area contributed by atoms with Crippen molar-refractivity contribution in [2.45, 2.75) is 19.0 Å². The van der Waals surface area contributed by atoms with Crippen molar-refractivity contribution in [1.82, 2.24) is 15.1 Å². The van der Waals surface area contributed by atoms with Crippen LogP contribution in [0.4, 0.5) is 19.4 Å². The second kappa shape index (κ2) is 5.45. The van der Waals surface area contributed by atoms with Crippen molar-refractivity contribution in [1.29, 1.82) is 0 Å². The number of alkyl halides is 2. The van der Waals surface area contributed by atoms with E-state index in [0.717, 1.165) is 0 Å². The van der Waals surface area contributed by atoms with E-state index < -0.39 is 18.1 Å².